The van der Waals surface area contributed by atoms with Crippen LogP contribution in [-0.4, -0.2) is 6.54 Å². The van der Waals surface area contributed by atoms with Crippen LogP contribution in [0.4, 0.5) is 0 Å². The first-order valence-corrected chi connectivity index (χ1v) is 6.53. The largest absolute Gasteiger partial charge is 0.309 e. The molecule has 0 bridgehead atoms. The molecule has 0 aliphatic rings. The smallest absolute Gasteiger partial charge is 0.0417 e. The van der Waals surface area contributed by atoms with E-state index >= 15 is 0 Å². The Morgan fingerprint density at radius 3 is 2.93 bits per heavy atom. The van der Waals surface area contributed by atoms with Crippen molar-refractivity contribution >= 4 is 11.3 Å². The summed E-state index contributed by atoms with van der Waals surface area (Å²) in [5, 5.41) is 5.75. The maximum absolute atomic E-state index is 3.96. The highest BCUT2D eigenvalue weighted by Gasteiger charge is 2.10. The Morgan fingerprint density at radius 1 is 1.60 bits per heavy atom. The summed E-state index contributed by atoms with van der Waals surface area (Å²) in [4.78, 5) is 1.45. The van der Waals surface area contributed by atoms with Crippen molar-refractivity contribution in [2.45, 2.75) is 39.2 Å². The van der Waals surface area contributed by atoms with Gasteiger partial charge in [-0.25, -0.2) is 0 Å². The van der Waals surface area contributed by atoms with Crippen LogP contribution in [0.15, 0.2) is 29.7 Å². The maximum Gasteiger partial charge on any atom is 0.0417 e. The first-order valence-electron chi connectivity index (χ1n) is 5.65. The van der Waals surface area contributed by atoms with E-state index in [-0.39, 0.29) is 0 Å². The number of allylic oxidation sites excluding steroid dienone is 1. The first-order chi connectivity index (χ1) is 7.24. The van der Waals surface area contributed by atoms with Gasteiger partial charge in [0.2, 0.25) is 0 Å². The standard InChI is InChI=1S/C13H21NS/c1-4-9-14-12(8-7-11(2)3)13-6-5-10-15-13/h5-6,10,12,14H,2,4,7-9H2,1,3H3. The molecule has 1 heterocycles. The molecule has 0 saturated carbocycles. The minimum atomic E-state index is 0.515. The van der Waals surface area contributed by atoms with E-state index in [1.807, 2.05) is 11.3 Å². The molecule has 0 aliphatic carbocycles. The molecule has 1 N–H and O–H groups in total. The first kappa shape index (κ1) is 12.5. The Labute approximate surface area is 97.2 Å². The molecule has 0 fully saturated rings. The molecule has 0 spiro atoms. The van der Waals surface area contributed by atoms with Gasteiger partial charge in [0.25, 0.3) is 0 Å². The van der Waals surface area contributed by atoms with Crippen LogP contribution in [0.3, 0.4) is 0 Å². The van der Waals surface area contributed by atoms with Crippen molar-refractivity contribution in [3.63, 3.8) is 0 Å². The Bertz CT molecular complexity index is 277. The molecule has 0 amide bonds. The maximum atomic E-state index is 3.96. The molecular formula is C13H21NS. The van der Waals surface area contributed by atoms with Crippen LogP contribution < -0.4 is 5.32 Å². The van der Waals surface area contributed by atoms with Crippen molar-refractivity contribution in [3.05, 3.63) is 34.5 Å². The summed E-state index contributed by atoms with van der Waals surface area (Å²) in [6, 6.07) is 4.86. The van der Waals surface area contributed by atoms with Gasteiger partial charge in [0, 0.05) is 10.9 Å². The van der Waals surface area contributed by atoms with Gasteiger partial charge in [0.15, 0.2) is 0 Å². The summed E-state index contributed by atoms with van der Waals surface area (Å²) in [6.07, 6.45) is 3.46. The van der Waals surface area contributed by atoms with Crippen LogP contribution in [-0.2, 0) is 0 Å². The quantitative estimate of drug-likeness (QED) is 0.685. The van der Waals surface area contributed by atoms with Crippen LogP contribution >= 0.6 is 11.3 Å². The van der Waals surface area contributed by atoms with Crippen molar-refractivity contribution in [2.24, 2.45) is 0 Å². The van der Waals surface area contributed by atoms with Gasteiger partial charge in [-0.1, -0.05) is 18.6 Å². The lowest BCUT2D eigenvalue weighted by molar-refractivity contribution is 0.505. The van der Waals surface area contributed by atoms with Crippen LogP contribution in [0.1, 0.15) is 44.0 Å². The molecule has 0 aromatic carbocycles. The van der Waals surface area contributed by atoms with E-state index in [2.05, 4.69) is 43.3 Å². The average Bonchev–Trinajstić information content (AvgIpc) is 2.71. The van der Waals surface area contributed by atoms with Gasteiger partial charge in [0.1, 0.15) is 0 Å². The van der Waals surface area contributed by atoms with Crippen molar-refractivity contribution < 1.29 is 0 Å². The number of nitrogens with one attached hydrogen (secondary N) is 1. The molecule has 0 saturated heterocycles. The highest BCUT2D eigenvalue weighted by atomic mass is 32.1. The zero-order valence-corrected chi connectivity index (χ0v) is 10.6. The molecule has 0 radical (unpaired) electrons. The Hall–Kier alpha value is -0.600. The van der Waals surface area contributed by atoms with Crippen molar-refractivity contribution in [1.29, 1.82) is 0 Å². The lowest BCUT2D eigenvalue weighted by atomic mass is 10.1. The van der Waals surface area contributed by atoms with E-state index in [1.165, 1.54) is 16.9 Å². The van der Waals surface area contributed by atoms with Crippen LogP contribution in [0, 0.1) is 0 Å². The minimum absolute atomic E-state index is 0.515. The summed E-state index contributed by atoms with van der Waals surface area (Å²) in [5.41, 5.74) is 1.27. The van der Waals surface area contributed by atoms with E-state index in [1.54, 1.807) is 0 Å². The number of hydrogen-bond donors (Lipinski definition) is 1. The zero-order valence-electron chi connectivity index (χ0n) is 9.75. The third-order valence-electron chi connectivity index (χ3n) is 2.39. The fourth-order valence-corrected chi connectivity index (χ4v) is 2.38. The average molecular weight is 223 g/mol. The summed E-state index contributed by atoms with van der Waals surface area (Å²) in [5.74, 6) is 0. The third-order valence-corrected chi connectivity index (χ3v) is 3.37. The molecule has 0 aliphatic heterocycles. The van der Waals surface area contributed by atoms with E-state index in [0.29, 0.717) is 6.04 Å². The Kier molecular flexibility index (Phi) is 5.66. The van der Waals surface area contributed by atoms with E-state index in [9.17, 15) is 0 Å². The minimum Gasteiger partial charge on any atom is -0.309 e. The fourth-order valence-electron chi connectivity index (χ4n) is 1.54. The van der Waals surface area contributed by atoms with E-state index in [0.717, 1.165) is 19.4 Å². The molecule has 1 nitrogen and oxygen atoms in total. The fraction of sp³-hybridized carbons (Fsp3) is 0.538. The molecule has 15 heavy (non-hydrogen) atoms. The number of hydrogen-bond acceptors (Lipinski definition) is 2. The second kappa shape index (κ2) is 6.81. The van der Waals surface area contributed by atoms with Gasteiger partial charge >= 0.3 is 0 Å². The van der Waals surface area contributed by atoms with Crippen LogP contribution in [0.5, 0.6) is 0 Å². The van der Waals surface area contributed by atoms with Gasteiger partial charge in [-0.3, -0.25) is 0 Å². The predicted octanol–water partition coefficient (Wildman–Crippen LogP) is 4.15. The van der Waals surface area contributed by atoms with Crippen LogP contribution in [0.25, 0.3) is 0 Å². The summed E-state index contributed by atoms with van der Waals surface area (Å²) in [6.45, 7) is 9.37. The Balaban J connectivity index is 2.49. The molecule has 2 heteroatoms. The second-order valence-corrected chi connectivity index (χ2v) is 5.00. The van der Waals surface area contributed by atoms with Crippen molar-refractivity contribution in [3.8, 4) is 0 Å². The van der Waals surface area contributed by atoms with Crippen molar-refractivity contribution in [2.75, 3.05) is 6.54 Å². The predicted molar refractivity (Wildman–Crippen MR) is 69.4 cm³/mol. The molecule has 1 atom stereocenters. The number of thiophene rings is 1. The number of rotatable bonds is 7. The molecule has 1 aromatic rings. The SMILES string of the molecule is C=C(C)CCC(NCCC)c1cccs1. The summed E-state index contributed by atoms with van der Waals surface area (Å²) in [7, 11) is 0. The van der Waals surface area contributed by atoms with E-state index < -0.39 is 0 Å². The van der Waals surface area contributed by atoms with Gasteiger partial charge in [-0.2, -0.15) is 0 Å². The van der Waals surface area contributed by atoms with Crippen LogP contribution in [0.2, 0.25) is 0 Å². The molecule has 1 unspecified atom stereocenters. The molecule has 1 rings (SSSR count). The third kappa shape index (κ3) is 4.63. The highest BCUT2D eigenvalue weighted by molar-refractivity contribution is 7.10. The monoisotopic (exact) mass is 223 g/mol. The van der Waals surface area contributed by atoms with Gasteiger partial charge < -0.3 is 5.32 Å². The van der Waals surface area contributed by atoms with Gasteiger partial charge in [-0.05, 0) is 44.2 Å². The normalized spacial score (nSPS) is 12.7. The van der Waals surface area contributed by atoms with Gasteiger partial charge in [0.05, 0.1) is 0 Å². The van der Waals surface area contributed by atoms with E-state index in [4.69, 9.17) is 0 Å². The Morgan fingerprint density at radius 2 is 2.40 bits per heavy atom. The van der Waals surface area contributed by atoms with Gasteiger partial charge in [-0.15, -0.1) is 17.9 Å². The highest BCUT2D eigenvalue weighted by Crippen LogP contribution is 2.24. The molecular weight excluding hydrogens is 202 g/mol. The summed E-state index contributed by atoms with van der Waals surface area (Å²) >= 11 is 1.84. The zero-order chi connectivity index (χ0) is 11.1. The lowest BCUT2D eigenvalue weighted by Gasteiger charge is -2.17. The lowest BCUT2D eigenvalue weighted by Crippen LogP contribution is -2.21. The second-order valence-electron chi connectivity index (χ2n) is 4.02. The topological polar surface area (TPSA) is 12.0 Å². The summed E-state index contributed by atoms with van der Waals surface area (Å²) < 4.78 is 0. The molecule has 84 valence electrons. The molecule has 1 aromatic heterocycles. The van der Waals surface area contributed by atoms with Crippen molar-refractivity contribution in [1.82, 2.24) is 5.32 Å².